The van der Waals surface area contributed by atoms with Crippen LogP contribution in [-0.2, 0) is 11.2 Å². The molecule has 160 valence electrons. The smallest absolute Gasteiger partial charge is 0.224 e. The van der Waals surface area contributed by atoms with Gasteiger partial charge in [0.2, 0.25) is 5.91 Å². The molecule has 6 heteroatoms. The zero-order valence-corrected chi connectivity index (χ0v) is 17.5. The van der Waals surface area contributed by atoms with Crippen molar-refractivity contribution in [2.75, 3.05) is 32.8 Å². The Bertz CT molecular complexity index is 879. The predicted octanol–water partition coefficient (Wildman–Crippen LogP) is 2.62. The summed E-state index contributed by atoms with van der Waals surface area (Å²) in [5, 5.41) is 14.3. The van der Waals surface area contributed by atoms with Crippen LogP contribution in [0.3, 0.4) is 0 Å². The zero-order valence-electron chi connectivity index (χ0n) is 17.5. The Balaban J connectivity index is 1.49. The van der Waals surface area contributed by atoms with Crippen LogP contribution in [0.15, 0.2) is 42.5 Å². The largest absolute Gasteiger partial charge is 0.486 e. The van der Waals surface area contributed by atoms with Gasteiger partial charge in [-0.15, -0.1) is 0 Å². The van der Waals surface area contributed by atoms with E-state index >= 15 is 0 Å². The fraction of sp³-hybridized carbons (Fsp3) is 0.458. The van der Waals surface area contributed by atoms with Gasteiger partial charge in [0, 0.05) is 6.54 Å². The van der Waals surface area contributed by atoms with E-state index in [1.807, 2.05) is 49.4 Å². The molecule has 6 nitrogen and oxygen atoms in total. The van der Waals surface area contributed by atoms with Gasteiger partial charge < -0.3 is 24.8 Å². The number of hydrogen-bond donors (Lipinski definition) is 2. The van der Waals surface area contributed by atoms with Gasteiger partial charge in [-0.05, 0) is 56.1 Å². The second kappa shape index (κ2) is 9.49. The van der Waals surface area contributed by atoms with Gasteiger partial charge in [0.05, 0.1) is 12.5 Å². The molecule has 1 amide bonds. The molecule has 2 aromatic rings. The standard InChI is InChI=1S/C24H30N2O4/c1-17-5-4-6-18(13-17)14-23(27)25-20(16-26-9-2-3-10-26)24(28)19-7-8-21-22(15-19)30-12-11-29-21/h4-8,13,15,20,24,28H,2-3,9-12,14,16H2,1H3,(H,25,27)/t20-,24+/m1/s1. The van der Waals surface area contributed by atoms with Crippen molar-refractivity contribution in [2.45, 2.75) is 38.3 Å². The number of rotatable bonds is 7. The Hall–Kier alpha value is -2.57. The highest BCUT2D eigenvalue weighted by Crippen LogP contribution is 2.33. The van der Waals surface area contributed by atoms with E-state index in [0.29, 0.717) is 37.7 Å². The third kappa shape index (κ3) is 5.12. The number of benzene rings is 2. The van der Waals surface area contributed by atoms with E-state index in [1.165, 1.54) is 0 Å². The van der Waals surface area contributed by atoms with Crippen molar-refractivity contribution in [3.8, 4) is 11.5 Å². The Morgan fingerprint density at radius 2 is 1.87 bits per heavy atom. The number of fused-ring (bicyclic) bond motifs is 1. The van der Waals surface area contributed by atoms with E-state index < -0.39 is 12.1 Å². The number of carbonyl (C=O) groups excluding carboxylic acids is 1. The average molecular weight is 411 g/mol. The number of carbonyl (C=O) groups is 1. The van der Waals surface area contributed by atoms with Gasteiger partial charge in [-0.1, -0.05) is 35.9 Å². The highest BCUT2D eigenvalue weighted by Gasteiger charge is 2.27. The average Bonchev–Trinajstić information content (AvgIpc) is 3.25. The molecule has 2 aliphatic rings. The molecule has 1 saturated heterocycles. The Morgan fingerprint density at radius 1 is 1.10 bits per heavy atom. The molecule has 0 unspecified atom stereocenters. The van der Waals surface area contributed by atoms with Crippen molar-refractivity contribution in [2.24, 2.45) is 0 Å². The summed E-state index contributed by atoms with van der Waals surface area (Å²) in [6.45, 7) is 5.66. The summed E-state index contributed by atoms with van der Waals surface area (Å²) >= 11 is 0. The second-order valence-corrected chi connectivity index (χ2v) is 8.20. The molecule has 2 atom stereocenters. The molecule has 0 radical (unpaired) electrons. The molecular formula is C24H30N2O4. The maximum atomic E-state index is 12.8. The minimum absolute atomic E-state index is 0.0820. The maximum absolute atomic E-state index is 12.8. The lowest BCUT2D eigenvalue weighted by Gasteiger charge is -2.29. The van der Waals surface area contributed by atoms with Crippen molar-refractivity contribution in [1.82, 2.24) is 10.2 Å². The SMILES string of the molecule is Cc1cccc(CC(=O)N[C@H](CN2CCCC2)[C@@H](O)c2ccc3c(c2)OCCO3)c1. The van der Waals surface area contributed by atoms with Crippen molar-refractivity contribution < 1.29 is 19.4 Å². The molecule has 0 aliphatic carbocycles. The summed E-state index contributed by atoms with van der Waals surface area (Å²) in [4.78, 5) is 15.1. The van der Waals surface area contributed by atoms with Crippen LogP contribution in [0.2, 0.25) is 0 Å². The van der Waals surface area contributed by atoms with E-state index in [4.69, 9.17) is 9.47 Å². The summed E-state index contributed by atoms with van der Waals surface area (Å²) in [5.41, 5.74) is 2.82. The number of amides is 1. The fourth-order valence-corrected chi connectivity index (χ4v) is 4.21. The van der Waals surface area contributed by atoms with Crippen LogP contribution in [0.5, 0.6) is 11.5 Å². The minimum Gasteiger partial charge on any atom is -0.486 e. The van der Waals surface area contributed by atoms with Crippen LogP contribution in [0.1, 0.15) is 35.6 Å². The normalized spacial score (nSPS) is 18.1. The number of aliphatic hydroxyl groups excluding tert-OH is 1. The summed E-state index contributed by atoms with van der Waals surface area (Å²) in [6, 6.07) is 13.1. The van der Waals surface area contributed by atoms with Gasteiger partial charge >= 0.3 is 0 Å². The van der Waals surface area contributed by atoms with Crippen molar-refractivity contribution in [3.63, 3.8) is 0 Å². The van der Waals surface area contributed by atoms with Crippen LogP contribution in [0, 0.1) is 6.92 Å². The van der Waals surface area contributed by atoms with E-state index in [9.17, 15) is 9.90 Å². The molecule has 0 spiro atoms. The molecule has 0 bridgehead atoms. The third-order valence-corrected chi connectivity index (χ3v) is 5.74. The fourth-order valence-electron chi connectivity index (χ4n) is 4.21. The van der Waals surface area contributed by atoms with Gasteiger partial charge in [0.1, 0.15) is 19.3 Å². The van der Waals surface area contributed by atoms with Crippen LogP contribution in [0.25, 0.3) is 0 Å². The van der Waals surface area contributed by atoms with Crippen LogP contribution in [0.4, 0.5) is 0 Å². The van der Waals surface area contributed by atoms with Crippen molar-refractivity contribution in [1.29, 1.82) is 0 Å². The predicted molar refractivity (Wildman–Crippen MR) is 115 cm³/mol. The summed E-state index contributed by atoms with van der Waals surface area (Å²) in [6.07, 6.45) is 1.78. The zero-order chi connectivity index (χ0) is 20.9. The summed E-state index contributed by atoms with van der Waals surface area (Å²) in [7, 11) is 0. The summed E-state index contributed by atoms with van der Waals surface area (Å²) in [5.74, 6) is 1.25. The molecule has 2 heterocycles. The van der Waals surface area contributed by atoms with Gasteiger partial charge in [-0.25, -0.2) is 0 Å². The Morgan fingerprint density at radius 3 is 2.63 bits per heavy atom. The van der Waals surface area contributed by atoms with Crippen LogP contribution < -0.4 is 14.8 Å². The lowest BCUT2D eigenvalue weighted by Crippen LogP contribution is -2.47. The summed E-state index contributed by atoms with van der Waals surface area (Å²) < 4.78 is 11.2. The van der Waals surface area contributed by atoms with Gasteiger partial charge in [0.25, 0.3) is 0 Å². The van der Waals surface area contributed by atoms with Crippen LogP contribution >= 0.6 is 0 Å². The van der Waals surface area contributed by atoms with Gasteiger partial charge in [-0.2, -0.15) is 0 Å². The number of hydrogen-bond acceptors (Lipinski definition) is 5. The first-order chi connectivity index (χ1) is 14.6. The van der Waals surface area contributed by atoms with E-state index in [0.717, 1.165) is 42.6 Å². The highest BCUT2D eigenvalue weighted by atomic mass is 16.6. The third-order valence-electron chi connectivity index (χ3n) is 5.74. The maximum Gasteiger partial charge on any atom is 0.224 e. The first-order valence-electron chi connectivity index (χ1n) is 10.7. The topological polar surface area (TPSA) is 71.0 Å². The number of aliphatic hydroxyl groups is 1. The lowest BCUT2D eigenvalue weighted by molar-refractivity contribution is -0.122. The number of likely N-dealkylation sites (tertiary alicyclic amines) is 1. The molecule has 0 saturated carbocycles. The van der Waals surface area contributed by atoms with Crippen LogP contribution in [-0.4, -0.2) is 54.8 Å². The Labute approximate surface area is 177 Å². The van der Waals surface area contributed by atoms with Gasteiger partial charge in [-0.3, -0.25) is 4.79 Å². The van der Waals surface area contributed by atoms with Crippen molar-refractivity contribution in [3.05, 3.63) is 59.2 Å². The second-order valence-electron chi connectivity index (χ2n) is 8.20. The molecule has 0 aromatic heterocycles. The monoisotopic (exact) mass is 410 g/mol. The highest BCUT2D eigenvalue weighted by molar-refractivity contribution is 5.79. The molecule has 2 N–H and O–H groups in total. The number of nitrogens with zero attached hydrogens (tertiary/aromatic N) is 1. The molecule has 4 rings (SSSR count). The quantitative estimate of drug-likeness (QED) is 0.734. The molecular weight excluding hydrogens is 380 g/mol. The minimum atomic E-state index is -0.831. The van der Waals surface area contributed by atoms with Crippen molar-refractivity contribution >= 4 is 5.91 Å². The molecule has 2 aromatic carbocycles. The van der Waals surface area contributed by atoms with E-state index in [1.54, 1.807) is 0 Å². The van der Waals surface area contributed by atoms with Gasteiger partial charge in [0.15, 0.2) is 11.5 Å². The van der Waals surface area contributed by atoms with E-state index in [2.05, 4.69) is 10.2 Å². The van der Waals surface area contributed by atoms with E-state index in [-0.39, 0.29) is 5.91 Å². The molecule has 2 aliphatic heterocycles. The molecule has 1 fully saturated rings. The number of ether oxygens (including phenoxy) is 2. The lowest BCUT2D eigenvalue weighted by atomic mass is 10.00. The number of aryl methyl sites for hydroxylation is 1. The first kappa shape index (κ1) is 20.7. The molecule has 30 heavy (non-hydrogen) atoms. The Kier molecular flexibility index (Phi) is 6.55. The first-order valence-corrected chi connectivity index (χ1v) is 10.7. The number of nitrogens with one attached hydrogen (secondary N) is 1.